The highest BCUT2D eigenvalue weighted by molar-refractivity contribution is 7.16. The van der Waals surface area contributed by atoms with Crippen LogP contribution in [0.25, 0.3) is 10.6 Å². The topological polar surface area (TPSA) is 63.3 Å². The van der Waals surface area contributed by atoms with Crippen molar-refractivity contribution in [2.45, 2.75) is 39.7 Å². The number of nitrogens with two attached hydrogens (primary N) is 1. The van der Waals surface area contributed by atoms with E-state index >= 15 is 0 Å². The lowest BCUT2D eigenvalue weighted by atomic mass is 10.1. The van der Waals surface area contributed by atoms with Crippen molar-refractivity contribution in [3.8, 4) is 10.6 Å². The molecular weight excluding hydrogens is 300 g/mol. The second-order valence-electron chi connectivity index (χ2n) is 5.91. The normalized spacial score (nSPS) is 12.7. The molecule has 21 heavy (non-hydrogen) atoms. The minimum absolute atomic E-state index is 0.0494. The molecule has 2 rings (SSSR count). The third kappa shape index (κ3) is 5.13. The molecule has 0 amide bonds. The fraction of sp³-hybridized carbons (Fsp3) is 0.467. The summed E-state index contributed by atoms with van der Waals surface area (Å²) in [4.78, 5) is 11.4. The largest absolute Gasteiger partial charge is 0.370 e. The fourth-order valence-electron chi connectivity index (χ4n) is 1.84. The van der Waals surface area contributed by atoms with Gasteiger partial charge in [-0.15, -0.1) is 22.7 Å². The first-order valence-corrected chi connectivity index (χ1v) is 8.62. The predicted molar refractivity (Wildman–Crippen MR) is 93.2 cm³/mol. The van der Waals surface area contributed by atoms with Gasteiger partial charge in [0.1, 0.15) is 0 Å². The van der Waals surface area contributed by atoms with E-state index in [1.165, 1.54) is 9.75 Å². The average Bonchev–Trinajstić information content (AvgIpc) is 2.95. The monoisotopic (exact) mass is 322 g/mol. The van der Waals surface area contributed by atoms with Crippen molar-refractivity contribution >= 4 is 28.6 Å². The molecule has 2 heterocycles. The molecule has 2 aromatic rings. The van der Waals surface area contributed by atoms with Gasteiger partial charge >= 0.3 is 0 Å². The van der Waals surface area contributed by atoms with Crippen molar-refractivity contribution < 1.29 is 0 Å². The van der Waals surface area contributed by atoms with Gasteiger partial charge in [-0.3, -0.25) is 4.99 Å². The molecule has 0 saturated carbocycles. The Bertz CT molecular complexity index is 620. The molecule has 0 bridgehead atoms. The molecule has 3 N–H and O–H groups in total. The minimum atomic E-state index is -0.0494. The van der Waals surface area contributed by atoms with Gasteiger partial charge in [0.15, 0.2) is 5.96 Å². The first-order chi connectivity index (χ1) is 9.83. The van der Waals surface area contributed by atoms with Crippen LogP contribution >= 0.6 is 22.7 Å². The molecule has 2 aromatic heterocycles. The molecule has 0 unspecified atom stereocenters. The molecule has 0 aliphatic carbocycles. The number of nitrogens with one attached hydrogen (secondary N) is 1. The Labute approximate surface area is 134 Å². The van der Waals surface area contributed by atoms with Gasteiger partial charge in [0.25, 0.3) is 0 Å². The lowest BCUT2D eigenvalue weighted by Crippen LogP contribution is -2.45. The van der Waals surface area contributed by atoms with Crippen LogP contribution in [0.1, 0.15) is 30.7 Å². The summed E-state index contributed by atoms with van der Waals surface area (Å²) in [6.07, 6.45) is 0.903. The van der Waals surface area contributed by atoms with E-state index in [1.54, 1.807) is 22.7 Å². The maximum atomic E-state index is 5.86. The summed E-state index contributed by atoms with van der Waals surface area (Å²) in [6.45, 7) is 8.93. The summed E-state index contributed by atoms with van der Waals surface area (Å²) in [5, 5.41) is 6.37. The zero-order chi connectivity index (χ0) is 15.5. The summed E-state index contributed by atoms with van der Waals surface area (Å²) < 4.78 is 0. The fourth-order valence-corrected chi connectivity index (χ4v) is 3.48. The lowest BCUT2D eigenvalue weighted by Gasteiger charge is -2.20. The Kier molecular flexibility index (Phi) is 5.00. The molecule has 0 aliphatic heterocycles. The number of aryl methyl sites for hydroxylation is 1. The molecule has 0 atom stereocenters. The van der Waals surface area contributed by atoms with Crippen LogP contribution in [0, 0.1) is 6.92 Å². The first kappa shape index (κ1) is 16.0. The van der Waals surface area contributed by atoms with Crippen molar-refractivity contribution in [3.63, 3.8) is 0 Å². The van der Waals surface area contributed by atoms with Crippen molar-refractivity contribution in [1.29, 1.82) is 0 Å². The van der Waals surface area contributed by atoms with E-state index in [9.17, 15) is 0 Å². The summed E-state index contributed by atoms with van der Waals surface area (Å²) in [7, 11) is 0. The molecule has 0 saturated heterocycles. The second-order valence-corrected chi connectivity index (χ2v) is 8.14. The van der Waals surface area contributed by atoms with Crippen LogP contribution in [-0.2, 0) is 6.42 Å². The molecule has 0 aromatic carbocycles. The van der Waals surface area contributed by atoms with Crippen LogP contribution in [0.4, 0.5) is 0 Å². The van der Waals surface area contributed by atoms with E-state index in [0.29, 0.717) is 12.5 Å². The molecule has 0 radical (unpaired) electrons. The van der Waals surface area contributed by atoms with Crippen molar-refractivity contribution in [2.24, 2.45) is 10.7 Å². The molecule has 4 nitrogen and oxygen atoms in total. The SMILES string of the molecule is Cc1nc(-c2ccc(CCN=C(N)NC(C)(C)C)s2)cs1. The van der Waals surface area contributed by atoms with Crippen LogP contribution in [0.5, 0.6) is 0 Å². The van der Waals surface area contributed by atoms with Gasteiger partial charge in [0, 0.05) is 28.8 Å². The van der Waals surface area contributed by atoms with E-state index in [-0.39, 0.29) is 5.54 Å². The number of guanidine groups is 1. The van der Waals surface area contributed by atoms with E-state index in [1.807, 2.05) is 6.92 Å². The highest BCUT2D eigenvalue weighted by Crippen LogP contribution is 2.29. The summed E-state index contributed by atoms with van der Waals surface area (Å²) in [6, 6.07) is 4.28. The zero-order valence-electron chi connectivity index (χ0n) is 12.9. The second kappa shape index (κ2) is 6.58. The van der Waals surface area contributed by atoms with Gasteiger partial charge < -0.3 is 11.1 Å². The quantitative estimate of drug-likeness (QED) is 0.669. The van der Waals surface area contributed by atoms with E-state index < -0.39 is 0 Å². The Balaban J connectivity index is 1.90. The van der Waals surface area contributed by atoms with Crippen LogP contribution in [0.3, 0.4) is 0 Å². The number of rotatable bonds is 4. The maximum Gasteiger partial charge on any atom is 0.188 e. The van der Waals surface area contributed by atoms with Gasteiger partial charge in [0.05, 0.1) is 15.6 Å². The van der Waals surface area contributed by atoms with E-state index in [2.05, 4.69) is 53.6 Å². The third-order valence-electron chi connectivity index (χ3n) is 2.68. The van der Waals surface area contributed by atoms with Gasteiger partial charge in [0.2, 0.25) is 0 Å². The lowest BCUT2D eigenvalue weighted by molar-refractivity contribution is 0.508. The Morgan fingerprint density at radius 3 is 2.76 bits per heavy atom. The maximum absolute atomic E-state index is 5.86. The number of hydrogen-bond acceptors (Lipinski definition) is 4. The Morgan fingerprint density at radius 2 is 2.14 bits per heavy atom. The summed E-state index contributed by atoms with van der Waals surface area (Å²) in [5.41, 5.74) is 6.88. The Morgan fingerprint density at radius 1 is 1.38 bits per heavy atom. The van der Waals surface area contributed by atoms with Crippen molar-refractivity contribution in [1.82, 2.24) is 10.3 Å². The Hall–Kier alpha value is -1.40. The summed E-state index contributed by atoms with van der Waals surface area (Å²) in [5.74, 6) is 0.509. The zero-order valence-corrected chi connectivity index (χ0v) is 14.6. The highest BCUT2D eigenvalue weighted by atomic mass is 32.1. The van der Waals surface area contributed by atoms with Gasteiger partial charge in [-0.05, 0) is 39.8 Å². The highest BCUT2D eigenvalue weighted by Gasteiger charge is 2.10. The number of aliphatic imine (C=N–C) groups is 1. The summed E-state index contributed by atoms with van der Waals surface area (Å²) >= 11 is 3.46. The molecule has 0 fully saturated rings. The average molecular weight is 323 g/mol. The number of thiophene rings is 1. The predicted octanol–water partition coefficient (Wildman–Crippen LogP) is 3.43. The van der Waals surface area contributed by atoms with Crippen LogP contribution in [0.15, 0.2) is 22.5 Å². The third-order valence-corrected chi connectivity index (χ3v) is 4.62. The first-order valence-electron chi connectivity index (χ1n) is 6.93. The van der Waals surface area contributed by atoms with Gasteiger partial charge in [-0.1, -0.05) is 0 Å². The molecule has 114 valence electrons. The standard InChI is InChI=1S/C15H22N4S2/c1-10-18-12(9-20-10)13-6-5-11(21-13)7-8-17-14(16)19-15(2,3)4/h5-6,9H,7-8H2,1-4H3,(H3,16,17,19). The number of thiazole rings is 1. The van der Waals surface area contributed by atoms with Crippen LogP contribution in [-0.4, -0.2) is 23.0 Å². The number of nitrogens with zero attached hydrogens (tertiary/aromatic N) is 2. The molecular formula is C15H22N4S2. The van der Waals surface area contributed by atoms with Gasteiger partial charge in [-0.25, -0.2) is 4.98 Å². The number of hydrogen-bond donors (Lipinski definition) is 2. The molecule has 0 aliphatic rings. The minimum Gasteiger partial charge on any atom is -0.370 e. The molecule has 6 heteroatoms. The van der Waals surface area contributed by atoms with E-state index in [4.69, 9.17) is 5.73 Å². The number of aromatic nitrogens is 1. The van der Waals surface area contributed by atoms with Crippen LogP contribution in [0.2, 0.25) is 0 Å². The smallest absolute Gasteiger partial charge is 0.188 e. The van der Waals surface area contributed by atoms with Crippen LogP contribution < -0.4 is 11.1 Å². The van der Waals surface area contributed by atoms with Crippen molar-refractivity contribution in [3.05, 3.63) is 27.4 Å². The van der Waals surface area contributed by atoms with E-state index in [0.717, 1.165) is 17.1 Å². The molecule has 0 spiro atoms. The van der Waals surface area contributed by atoms with Crippen molar-refractivity contribution in [2.75, 3.05) is 6.54 Å². The van der Waals surface area contributed by atoms with Gasteiger partial charge in [-0.2, -0.15) is 0 Å².